The van der Waals surface area contributed by atoms with E-state index < -0.39 is 0 Å². The molecular weight excluding hydrogens is 1050 g/mol. The number of amides is 5. The fourth-order valence-corrected chi connectivity index (χ4v) is 10.7. The zero-order valence-corrected chi connectivity index (χ0v) is 61.0. The molecule has 0 saturated heterocycles. The Bertz CT molecular complexity index is 2270. The van der Waals surface area contributed by atoms with Crippen LogP contribution in [-0.4, -0.2) is 156 Å². The molecule has 5 heterocycles. The van der Waals surface area contributed by atoms with Crippen LogP contribution < -0.4 is 16.0 Å². The number of cyclic esters (lactones) is 1. The summed E-state index contributed by atoms with van der Waals surface area (Å²) in [6.07, 6.45) is -0.231. The maximum atomic E-state index is 11.8. The van der Waals surface area contributed by atoms with Crippen molar-refractivity contribution < 1.29 is 28.7 Å². The maximum absolute atomic E-state index is 11.8. The minimum absolute atomic E-state index is 0.0154. The molecule has 0 spiro atoms. The van der Waals surface area contributed by atoms with Gasteiger partial charge in [-0.2, -0.15) is 0 Å². The highest BCUT2D eigenvalue weighted by Gasteiger charge is 2.37. The molecule has 5 rings (SSSR count). The molecule has 0 aromatic heterocycles. The molecule has 0 saturated carbocycles. The predicted molar refractivity (Wildman–Crippen MR) is 354 cm³/mol. The fraction of sp³-hybridized carbons (Fsp3) is 0.800. The Kier molecular flexibility index (Phi) is 26.5. The van der Waals surface area contributed by atoms with Crippen LogP contribution in [0.15, 0.2) is 56.2 Å². The van der Waals surface area contributed by atoms with Gasteiger partial charge >= 0.3 is 12.1 Å². The molecule has 0 radical (unpaired) electrons. The van der Waals surface area contributed by atoms with Crippen molar-refractivity contribution in [2.75, 3.05) is 107 Å². The van der Waals surface area contributed by atoms with Gasteiger partial charge in [0.2, 0.25) is 5.91 Å². The van der Waals surface area contributed by atoms with E-state index in [1.54, 1.807) is 27.3 Å². The summed E-state index contributed by atoms with van der Waals surface area (Å²) >= 11 is 0. The van der Waals surface area contributed by atoms with Crippen LogP contribution in [-0.2, 0) is 19.1 Å². The van der Waals surface area contributed by atoms with Crippen LogP contribution in [0.5, 0.6) is 0 Å². The number of carbonyl (C=O) groups excluding carboxylic acids is 4. The number of likely N-dealkylation sites (N-methyl/N-ethyl adjacent to an activating group) is 5. The smallest absolute Gasteiger partial charge is 0.410 e. The maximum Gasteiger partial charge on any atom is 0.410 e. The lowest BCUT2D eigenvalue weighted by Crippen LogP contribution is -2.37. The quantitative estimate of drug-likeness (QED) is 0.202. The number of nitrogens with zero attached hydrogens (tertiary/aromatic N) is 5. The van der Waals surface area contributed by atoms with Gasteiger partial charge in [0.1, 0.15) is 12.4 Å². The lowest BCUT2D eigenvalue weighted by molar-refractivity contribution is -0.132. The van der Waals surface area contributed by atoms with Crippen molar-refractivity contribution in [1.82, 2.24) is 40.4 Å². The molecule has 0 bridgehead atoms. The van der Waals surface area contributed by atoms with Gasteiger partial charge in [0, 0.05) is 101 Å². The van der Waals surface area contributed by atoms with Gasteiger partial charge in [-0.3, -0.25) is 14.5 Å². The highest BCUT2D eigenvalue weighted by atomic mass is 16.6. The van der Waals surface area contributed by atoms with Crippen LogP contribution in [0.25, 0.3) is 0 Å². The van der Waals surface area contributed by atoms with E-state index in [9.17, 15) is 19.2 Å². The van der Waals surface area contributed by atoms with Gasteiger partial charge in [0.05, 0.1) is 6.54 Å². The van der Waals surface area contributed by atoms with E-state index in [4.69, 9.17) is 9.47 Å². The van der Waals surface area contributed by atoms with Crippen LogP contribution >= 0.6 is 0 Å². The first-order valence-corrected chi connectivity index (χ1v) is 31.1. The van der Waals surface area contributed by atoms with Crippen molar-refractivity contribution in [3.05, 3.63) is 56.2 Å². The van der Waals surface area contributed by atoms with E-state index in [0.29, 0.717) is 32.8 Å². The van der Waals surface area contributed by atoms with Crippen molar-refractivity contribution in [3.63, 3.8) is 0 Å². The molecule has 0 atom stereocenters. The molecule has 0 aromatic carbocycles. The first-order chi connectivity index (χ1) is 37.2. The third-order valence-electron chi connectivity index (χ3n) is 15.8. The van der Waals surface area contributed by atoms with Crippen LogP contribution in [0, 0.1) is 54.1 Å². The Morgan fingerprint density at radius 1 is 0.345 bits per heavy atom. The van der Waals surface area contributed by atoms with Gasteiger partial charge in [0.15, 0.2) is 6.61 Å². The second-order valence-electron chi connectivity index (χ2n) is 34.8. The molecule has 3 N–H and O–H groups in total. The Morgan fingerprint density at radius 3 is 1.15 bits per heavy atom. The summed E-state index contributed by atoms with van der Waals surface area (Å²) in [5.41, 5.74) is 12.7. The average Bonchev–Trinajstić information content (AvgIpc) is 3.86. The highest BCUT2D eigenvalue weighted by Crippen LogP contribution is 2.42. The molecule has 14 heteroatoms. The van der Waals surface area contributed by atoms with E-state index in [1.165, 1.54) is 39.1 Å². The third-order valence-corrected chi connectivity index (χ3v) is 15.8. The van der Waals surface area contributed by atoms with Gasteiger partial charge in [-0.1, -0.05) is 208 Å². The van der Waals surface area contributed by atoms with E-state index in [1.807, 2.05) is 21.1 Å². The van der Waals surface area contributed by atoms with Crippen molar-refractivity contribution in [1.29, 1.82) is 0 Å². The highest BCUT2D eigenvalue weighted by molar-refractivity contribution is 5.81. The zero-order chi connectivity index (χ0) is 66.3. The summed E-state index contributed by atoms with van der Waals surface area (Å²) in [7, 11) is 9.69. The van der Waals surface area contributed by atoms with Gasteiger partial charge in [-0.25, -0.2) is 9.59 Å². The van der Waals surface area contributed by atoms with E-state index >= 15 is 0 Å². The monoisotopic (exact) mass is 1180 g/mol. The molecule has 5 aliphatic rings. The minimum Gasteiger partial charge on any atom is -0.488 e. The summed E-state index contributed by atoms with van der Waals surface area (Å²) in [6, 6.07) is 0.0194. The number of hydrogen-bond donors (Lipinski definition) is 3. The molecule has 0 aliphatic carbocycles. The summed E-state index contributed by atoms with van der Waals surface area (Å²) in [5, 5.41) is 9.73. The largest absolute Gasteiger partial charge is 0.488 e. The Hall–Kier alpha value is -4.30. The standard InChI is InChI=1S/2C14H26N2O.C14H28N2.2C14H25NO2/c1-13(2,3)10-8-16(7)9-11(17)15-12(10)14(4,5)6;1-13(2,3)10-8-15-12(17)16(7)9-11(10)14(4,5)6;1-13(2,3)11-10-16(7)9-8-15-12(11)14(4,5)6;1-13(2,3)10-8-15(7)11(16)9-17-12(10)14(4,5)6;1-13(2,3)10-8-15(7)12(16)17-9-11(10)14(4,5)6/h2*8-9H2,1-7H3,(H,15,17);15H,8-10H2,1-7H3;2*8-9H2,1-7H3. The number of ether oxygens (including phenoxy) is 2. The van der Waals surface area contributed by atoms with E-state index in [2.05, 4.69) is 241 Å². The van der Waals surface area contributed by atoms with Gasteiger partial charge in [-0.15, -0.1) is 0 Å². The summed E-state index contributed by atoms with van der Waals surface area (Å²) in [6.45, 7) is 74.1. The molecule has 0 aromatic rings. The summed E-state index contributed by atoms with van der Waals surface area (Å²) in [5.74, 6) is 1.12. The van der Waals surface area contributed by atoms with Crippen LogP contribution in [0.3, 0.4) is 0 Å². The fourth-order valence-electron chi connectivity index (χ4n) is 10.7. The predicted octanol–water partition coefficient (Wildman–Crippen LogP) is 14.6. The first kappa shape index (κ1) is 77.7. The van der Waals surface area contributed by atoms with Crippen molar-refractivity contribution in [2.45, 2.75) is 208 Å². The zero-order valence-electron chi connectivity index (χ0n) is 61.0. The van der Waals surface area contributed by atoms with Crippen molar-refractivity contribution in [3.8, 4) is 0 Å². The second kappa shape index (κ2) is 28.7. The molecule has 14 nitrogen and oxygen atoms in total. The Balaban J connectivity index is 0.000000525. The van der Waals surface area contributed by atoms with E-state index in [0.717, 1.165) is 44.2 Å². The number of hydrogen-bond acceptors (Lipinski definition) is 9. The van der Waals surface area contributed by atoms with Crippen molar-refractivity contribution in [2.24, 2.45) is 54.1 Å². The number of urea groups is 1. The molecule has 5 amide bonds. The molecule has 486 valence electrons. The topological polar surface area (TPSA) is 139 Å². The third kappa shape index (κ3) is 24.5. The normalized spacial score (nSPS) is 19.7. The molecule has 0 fully saturated rings. The second-order valence-corrected chi connectivity index (χ2v) is 34.8. The van der Waals surface area contributed by atoms with Gasteiger partial charge in [0.25, 0.3) is 5.91 Å². The summed E-state index contributed by atoms with van der Waals surface area (Å²) in [4.78, 5) is 56.6. The van der Waals surface area contributed by atoms with Crippen LogP contribution in [0.4, 0.5) is 9.59 Å². The van der Waals surface area contributed by atoms with E-state index in [-0.39, 0.29) is 84.7 Å². The number of nitrogens with one attached hydrogen (secondary N) is 3. The Morgan fingerprint density at radius 2 is 0.738 bits per heavy atom. The van der Waals surface area contributed by atoms with Gasteiger partial charge < -0.3 is 45.0 Å². The number of allylic oxidation sites excluding steroid dienone is 3. The number of carbonyl (C=O) groups is 4. The SMILES string of the molecule is CN1CC(=O)NC(C(C)(C)C)=C(C(C)(C)C)C1.CN1CC(C(C)(C)C)=C(C(C)(C)C)CNC1=O.CN1CC(C(C)(C)C)=C(C(C)(C)C)COC1=O.CN1CC(C(C)(C)C)=C(C(C)(C)C)OCC1=O.CN1CCNC(C(C)(C)C)=C(C(C)(C)C)C1. The first-order valence-electron chi connectivity index (χ1n) is 31.1. The summed E-state index contributed by atoms with van der Waals surface area (Å²) < 4.78 is 11.1. The molecule has 84 heavy (non-hydrogen) atoms. The molecule has 0 unspecified atom stereocenters. The Labute approximate surface area is 516 Å². The molecular formula is C70H130N8O6. The van der Waals surface area contributed by atoms with Crippen LogP contribution in [0.2, 0.25) is 0 Å². The van der Waals surface area contributed by atoms with Crippen molar-refractivity contribution >= 4 is 23.9 Å². The number of rotatable bonds is 0. The minimum atomic E-state index is -0.231. The average molecular weight is 1180 g/mol. The van der Waals surface area contributed by atoms with Gasteiger partial charge in [-0.05, 0) is 91.0 Å². The lowest BCUT2D eigenvalue weighted by atomic mass is 9.75. The molecule has 5 aliphatic heterocycles. The van der Waals surface area contributed by atoms with Crippen LogP contribution in [0.1, 0.15) is 208 Å². The lowest BCUT2D eigenvalue weighted by Gasteiger charge is -2.33.